The molecule has 1 unspecified atom stereocenters. The SMILES string of the molecule is O=C(CC1C(=O)N(c2ccc(F)cc2)C(=S)N1NC(=O)c1ccc(Cl)cc1)Nc1ccc(I)cc1. The van der Waals surface area contributed by atoms with Gasteiger partial charge in [0.1, 0.15) is 11.9 Å². The average Bonchev–Trinajstić information content (AvgIpc) is 3.05. The number of amides is 3. The summed E-state index contributed by atoms with van der Waals surface area (Å²) in [5, 5.41) is 4.35. The molecule has 3 amide bonds. The number of rotatable bonds is 6. The van der Waals surface area contributed by atoms with Crippen molar-refractivity contribution in [3.63, 3.8) is 0 Å². The van der Waals surface area contributed by atoms with E-state index in [0.29, 0.717) is 16.4 Å². The monoisotopic (exact) mass is 622 g/mol. The molecular formula is C24H17ClFIN4O3S. The van der Waals surface area contributed by atoms with E-state index in [1.165, 1.54) is 46.3 Å². The molecule has 3 aromatic rings. The number of carbonyl (C=O) groups is 3. The van der Waals surface area contributed by atoms with Crippen molar-refractivity contribution in [1.82, 2.24) is 10.4 Å². The first-order valence-electron chi connectivity index (χ1n) is 10.3. The lowest BCUT2D eigenvalue weighted by atomic mass is 10.1. The first-order valence-corrected chi connectivity index (χ1v) is 12.1. The van der Waals surface area contributed by atoms with E-state index >= 15 is 0 Å². The number of thiocarbonyl (C=S) groups is 1. The zero-order chi connectivity index (χ0) is 25.1. The summed E-state index contributed by atoms with van der Waals surface area (Å²) in [5.74, 6) is -2.00. The van der Waals surface area contributed by atoms with Crippen LogP contribution in [-0.2, 0) is 9.59 Å². The van der Waals surface area contributed by atoms with Gasteiger partial charge in [-0.15, -0.1) is 0 Å². The third kappa shape index (κ3) is 5.77. The maximum Gasteiger partial charge on any atom is 0.269 e. The summed E-state index contributed by atoms with van der Waals surface area (Å²) >= 11 is 13.5. The molecule has 0 aromatic heterocycles. The third-order valence-electron chi connectivity index (χ3n) is 5.13. The first kappa shape index (κ1) is 25.0. The van der Waals surface area contributed by atoms with Gasteiger partial charge in [-0.05, 0) is 108 Å². The van der Waals surface area contributed by atoms with E-state index in [-0.39, 0.29) is 17.1 Å². The highest BCUT2D eigenvalue weighted by molar-refractivity contribution is 14.1. The lowest BCUT2D eigenvalue weighted by Gasteiger charge is -2.24. The Balaban J connectivity index is 1.59. The molecule has 178 valence electrons. The number of nitrogens with one attached hydrogen (secondary N) is 2. The van der Waals surface area contributed by atoms with Crippen LogP contribution in [0.5, 0.6) is 0 Å². The Morgan fingerprint density at radius 1 is 1.00 bits per heavy atom. The van der Waals surface area contributed by atoms with Crippen molar-refractivity contribution in [3.8, 4) is 0 Å². The van der Waals surface area contributed by atoms with Crippen molar-refractivity contribution >= 4 is 80.6 Å². The highest BCUT2D eigenvalue weighted by Gasteiger charge is 2.45. The van der Waals surface area contributed by atoms with Gasteiger partial charge in [0.15, 0.2) is 0 Å². The molecule has 0 aliphatic carbocycles. The Labute approximate surface area is 224 Å². The number of anilines is 2. The van der Waals surface area contributed by atoms with E-state index in [2.05, 4.69) is 33.3 Å². The normalized spacial score (nSPS) is 15.3. The molecule has 1 saturated heterocycles. The van der Waals surface area contributed by atoms with Gasteiger partial charge in [0, 0.05) is 19.8 Å². The number of hydrogen-bond donors (Lipinski definition) is 2. The van der Waals surface area contributed by atoms with Gasteiger partial charge in [0.05, 0.1) is 12.1 Å². The van der Waals surface area contributed by atoms with Crippen molar-refractivity contribution in [1.29, 1.82) is 0 Å². The predicted octanol–water partition coefficient (Wildman–Crippen LogP) is 4.76. The minimum absolute atomic E-state index is 0.0454. The van der Waals surface area contributed by atoms with Crippen molar-refractivity contribution in [2.24, 2.45) is 0 Å². The number of halogens is 3. The van der Waals surface area contributed by atoms with Crippen molar-refractivity contribution in [3.05, 3.63) is 92.8 Å². The van der Waals surface area contributed by atoms with Gasteiger partial charge in [-0.1, -0.05) is 11.6 Å². The fourth-order valence-electron chi connectivity index (χ4n) is 3.42. The van der Waals surface area contributed by atoms with Crippen LogP contribution in [0.4, 0.5) is 15.8 Å². The Morgan fingerprint density at radius 3 is 2.26 bits per heavy atom. The maximum atomic E-state index is 13.4. The fourth-order valence-corrected chi connectivity index (χ4v) is 4.28. The maximum absolute atomic E-state index is 13.4. The minimum atomic E-state index is -1.12. The number of nitrogens with zero attached hydrogens (tertiary/aromatic N) is 2. The van der Waals surface area contributed by atoms with Gasteiger partial charge < -0.3 is 5.32 Å². The van der Waals surface area contributed by atoms with E-state index in [1.807, 2.05) is 12.1 Å². The average molecular weight is 623 g/mol. The Morgan fingerprint density at radius 2 is 1.63 bits per heavy atom. The second-order valence-electron chi connectivity index (χ2n) is 7.53. The number of hydrazine groups is 1. The smallest absolute Gasteiger partial charge is 0.269 e. The predicted molar refractivity (Wildman–Crippen MR) is 143 cm³/mol. The van der Waals surface area contributed by atoms with Crippen LogP contribution in [0, 0.1) is 9.39 Å². The van der Waals surface area contributed by atoms with Crippen LogP contribution in [0.3, 0.4) is 0 Å². The largest absolute Gasteiger partial charge is 0.326 e. The Hall–Kier alpha value is -3.09. The van der Waals surface area contributed by atoms with E-state index in [1.54, 1.807) is 24.3 Å². The quantitative estimate of drug-likeness (QED) is 0.306. The van der Waals surface area contributed by atoms with E-state index in [0.717, 1.165) is 3.57 Å². The second kappa shape index (κ2) is 10.7. The van der Waals surface area contributed by atoms with Gasteiger partial charge in [-0.3, -0.25) is 24.7 Å². The molecule has 11 heteroatoms. The molecule has 7 nitrogen and oxygen atoms in total. The molecular weight excluding hydrogens is 606 g/mol. The third-order valence-corrected chi connectivity index (χ3v) is 6.48. The van der Waals surface area contributed by atoms with Gasteiger partial charge >= 0.3 is 0 Å². The van der Waals surface area contributed by atoms with E-state index in [9.17, 15) is 18.8 Å². The topological polar surface area (TPSA) is 81.8 Å². The fraction of sp³-hybridized carbons (Fsp3) is 0.0833. The van der Waals surface area contributed by atoms with E-state index < -0.39 is 29.6 Å². The van der Waals surface area contributed by atoms with Crippen LogP contribution in [-0.4, -0.2) is 33.9 Å². The number of benzene rings is 3. The minimum Gasteiger partial charge on any atom is -0.326 e. The Kier molecular flexibility index (Phi) is 7.63. The van der Waals surface area contributed by atoms with Gasteiger partial charge in [0.2, 0.25) is 11.0 Å². The van der Waals surface area contributed by atoms with Gasteiger partial charge in [-0.25, -0.2) is 9.40 Å². The highest BCUT2D eigenvalue weighted by atomic mass is 127. The van der Waals surface area contributed by atoms with Crippen molar-refractivity contribution in [2.45, 2.75) is 12.5 Å². The molecule has 1 fully saturated rings. The van der Waals surface area contributed by atoms with Crippen molar-refractivity contribution < 1.29 is 18.8 Å². The molecule has 0 saturated carbocycles. The molecule has 0 spiro atoms. The van der Waals surface area contributed by atoms with Crippen molar-refractivity contribution in [2.75, 3.05) is 10.2 Å². The zero-order valence-corrected chi connectivity index (χ0v) is 21.6. The summed E-state index contributed by atoms with van der Waals surface area (Å²) in [6.07, 6.45) is -0.288. The molecule has 1 atom stereocenters. The summed E-state index contributed by atoms with van der Waals surface area (Å²) in [5.41, 5.74) is 3.79. The molecule has 4 rings (SSSR count). The summed E-state index contributed by atoms with van der Waals surface area (Å²) in [6, 6.07) is 17.4. The molecule has 0 radical (unpaired) electrons. The summed E-state index contributed by atoms with van der Waals surface area (Å²) < 4.78 is 14.4. The molecule has 0 bridgehead atoms. The molecule has 1 aliphatic heterocycles. The highest BCUT2D eigenvalue weighted by Crippen LogP contribution is 2.27. The first-order chi connectivity index (χ1) is 16.7. The van der Waals surface area contributed by atoms with Crippen LogP contribution >= 0.6 is 46.4 Å². The van der Waals surface area contributed by atoms with E-state index in [4.69, 9.17) is 23.8 Å². The second-order valence-corrected chi connectivity index (χ2v) is 9.57. The number of carbonyl (C=O) groups excluding carboxylic acids is 3. The van der Waals surface area contributed by atoms with Gasteiger partial charge in [-0.2, -0.15) is 0 Å². The van der Waals surface area contributed by atoms with Gasteiger partial charge in [0.25, 0.3) is 11.8 Å². The molecule has 1 aliphatic rings. The molecule has 3 aromatic carbocycles. The van der Waals surface area contributed by atoms with Crippen LogP contribution in [0.2, 0.25) is 5.02 Å². The summed E-state index contributed by atoms with van der Waals surface area (Å²) in [4.78, 5) is 40.2. The lowest BCUT2D eigenvalue weighted by Crippen LogP contribution is -2.49. The lowest BCUT2D eigenvalue weighted by molar-refractivity contribution is -0.124. The van der Waals surface area contributed by atoms with Crippen LogP contribution < -0.4 is 15.6 Å². The number of hydrogen-bond acceptors (Lipinski definition) is 4. The molecule has 2 N–H and O–H groups in total. The Bertz CT molecular complexity index is 1290. The van der Waals surface area contributed by atoms with Crippen LogP contribution in [0.25, 0.3) is 0 Å². The molecule has 1 heterocycles. The standard InChI is InChI=1S/C24H17ClFIN4O3S/c25-15-3-1-14(2-4-15)22(33)29-31-20(13-21(32)28-18-9-7-17(27)8-10-18)23(34)30(24(31)35)19-11-5-16(26)6-12-19/h1-12,20H,13H2,(H,28,32)(H,29,33). The molecule has 35 heavy (non-hydrogen) atoms. The summed E-state index contributed by atoms with van der Waals surface area (Å²) in [7, 11) is 0. The van der Waals surface area contributed by atoms with Crippen LogP contribution in [0.1, 0.15) is 16.8 Å². The summed E-state index contributed by atoms with van der Waals surface area (Å²) in [6.45, 7) is 0. The zero-order valence-electron chi connectivity index (χ0n) is 17.9. The van der Waals surface area contributed by atoms with Crippen LogP contribution in [0.15, 0.2) is 72.8 Å².